The van der Waals surface area contributed by atoms with Crippen molar-refractivity contribution >= 4 is 15.7 Å². The van der Waals surface area contributed by atoms with E-state index in [9.17, 15) is 8.42 Å². The Bertz CT molecular complexity index is 890. The second-order valence-corrected chi connectivity index (χ2v) is 8.99. The SMILES string of the molecule is COc1ccc(C)cc1S(=O)(=O)NCCc1ccc(N2CCN(C)CC2)cc1. The van der Waals surface area contributed by atoms with Crippen molar-refractivity contribution in [1.82, 2.24) is 9.62 Å². The lowest BCUT2D eigenvalue weighted by molar-refractivity contribution is 0.313. The summed E-state index contributed by atoms with van der Waals surface area (Å²) in [6.07, 6.45) is 0.635. The van der Waals surface area contributed by atoms with Gasteiger partial charge in [-0.3, -0.25) is 0 Å². The minimum absolute atomic E-state index is 0.181. The third-order valence-corrected chi connectivity index (χ3v) is 6.60. The molecule has 1 N–H and O–H groups in total. The van der Waals surface area contributed by atoms with Crippen molar-refractivity contribution in [3.63, 3.8) is 0 Å². The van der Waals surface area contributed by atoms with Gasteiger partial charge in [-0.25, -0.2) is 13.1 Å². The zero-order valence-electron chi connectivity index (χ0n) is 16.8. The number of piperazine rings is 1. The molecule has 28 heavy (non-hydrogen) atoms. The number of likely N-dealkylation sites (N-methyl/N-ethyl adjacent to an activating group) is 1. The molecular formula is C21H29N3O3S. The van der Waals surface area contributed by atoms with Gasteiger partial charge in [0.1, 0.15) is 10.6 Å². The van der Waals surface area contributed by atoms with Crippen LogP contribution in [0.1, 0.15) is 11.1 Å². The summed E-state index contributed by atoms with van der Waals surface area (Å²) < 4.78 is 33.2. The molecule has 0 amide bonds. The van der Waals surface area contributed by atoms with Crippen molar-refractivity contribution in [3.05, 3.63) is 53.6 Å². The predicted octanol–water partition coefficient (Wildman–Crippen LogP) is 2.28. The maximum absolute atomic E-state index is 12.6. The molecule has 0 unspecified atom stereocenters. The standard InChI is InChI=1S/C21H29N3O3S/c1-17-4-9-20(27-3)21(16-17)28(25,26)22-11-10-18-5-7-19(8-6-18)24-14-12-23(2)13-15-24/h4-9,16,22H,10-15H2,1-3H3. The minimum Gasteiger partial charge on any atom is -0.495 e. The first-order chi connectivity index (χ1) is 13.4. The smallest absolute Gasteiger partial charge is 0.244 e. The van der Waals surface area contributed by atoms with Crippen LogP contribution in [0.4, 0.5) is 5.69 Å². The number of hydrogen-bond donors (Lipinski definition) is 1. The first kappa shape index (κ1) is 20.6. The van der Waals surface area contributed by atoms with Gasteiger partial charge in [-0.2, -0.15) is 0 Å². The van der Waals surface area contributed by atoms with Crippen LogP contribution in [0.2, 0.25) is 0 Å². The zero-order chi connectivity index (χ0) is 20.1. The second-order valence-electron chi connectivity index (χ2n) is 7.26. The fourth-order valence-corrected chi connectivity index (χ4v) is 4.62. The topological polar surface area (TPSA) is 61.9 Å². The molecule has 152 valence electrons. The molecule has 0 saturated carbocycles. The molecule has 0 atom stereocenters. The summed E-state index contributed by atoms with van der Waals surface area (Å²) >= 11 is 0. The van der Waals surface area contributed by atoms with Gasteiger partial charge in [-0.15, -0.1) is 0 Å². The van der Waals surface area contributed by atoms with Crippen molar-refractivity contribution in [1.29, 1.82) is 0 Å². The van der Waals surface area contributed by atoms with Gasteiger partial charge in [-0.05, 0) is 55.8 Å². The molecule has 2 aromatic carbocycles. The molecule has 0 spiro atoms. The predicted molar refractivity (Wildman–Crippen MR) is 113 cm³/mol. The fraction of sp³-hybridized carbons (Fsp3) is 0.429. The summed E-state index contributed by atoms with van der Waals surface area (Å²) in [6.45, 7) is 6.42. The van der Waals surface area contributed by atoms with E-state index in [1.54, 1.807) is 12.1 Å². The van der Waals surface area contributed by atoms with Crippen LogP contribution in [0.25, 0.3) is 0 Å². The number of aryl methyl sites for hydroxylation is 1. The summed E-state index contributed by atoms with van der Waals surface area (Å²) in [5, 5.41) is 0. The van der Waals surface area contributed by atoms with Gasteiger partial charge in [0, 0.05) is 38.4 Å². The van der Waals surface area contributed by atoms with Gasteiger partial charge in [0.25, 0.3) is 0 Å². The van der Waals surface area contributed by atoms with Crippen molar-refractivity contribution in [2.24, 2.45) is 0 Å². The maximum Gasteiger partial charge on any atom is 0.244 e. The van der Waals surface area contributed by atoms with Crippen LogP contribution in [0.15, 0.2) is 47.4 Å². The average molecular weight is 404 g/mol. The van der Waals surface area contributed by atoms with Gasteiger partial charge < -0.3 is 14.5 Å². The Morgan fingerprint density at radius 3 is 2.36 bits per heavy atom. The molecule has 0 aliphatic carbocycles. The van der Waals surface area contributed by atoms with Crippen LogP contribution in [0.3, 0.4) is 0 Å². The quantitative estimate of drug-likeness (QED) is 0.769. The first-order valence-electron chi connectivity index (χ1n) is 9.56. The zero-order valence-corrected chi connectivity index (χ0v) is 17.6. The molecule has 1 saturated heterocycles. The lowest BCUT2D eigenvalue weighted by Gasteiger charge is -2.34. The lowest BCUT2D eigenvalue weighted by atomic mass is 10.1. The van der Waals surface area contributed by atoms with Crippen molar-refractivity contribution < 1.29 is 13.2 Å². The highest BCUT2D eigenvalue weighted by atomic mass is 32.2. The van der Waals surface area contributed by atoms with Crippen molar-refractivity contribution in [2.45, 2.75) is 18.2 Å². The normalized spacial score (nSPS) is 15.6. The number of sulfonamides is 1. The van der Waals surface area contributed by atoms with Gasteiger partial charge >= 0.3 is 0 Å². The Balaban J connectivity index is 1.58. The molecule has 0 bridgehead atoms. The summed E-state index contributed by atoms with van der Waals surface area (Å²) in [4.78, 5) is 4.90. The summed E-state index contributed by atoms with van der Waals surface area (Å²) in [5.41, 5.74) is 3.21. The average Bonchev–Trinajstić information content (AvgIpc) is 2.69. The molecular weight excluding hydrogens is 374 g/mol. The van der Waals surface area contributed by atoms with Gasteiger partial charge in [-0.1, -0.05) is 18.2 Å². The van der Waals surface area contributed by atoms with Crippen LogP contribution in [0, 0.1) is 6.92 Å². The summed E-state index contributed by atoms with van der Waals surface area (Å²) in [6, 6.07) is 13.6. The highest BCUT2D eigenvalue weighted by molar-refractivity contribution is 7.89. The Hall–Kier alpha value is -2.09. The molecule has 1 aliphatic heterocycles. The lowest BCUT2D eigenvalue weighted by Crippen LogP contribution is -2.44. The van der Waals surface area contributed by atoms with Crippen LogP contribution in [-0.2, 0) is 16.4 Å². The number of rotatable bonds is 7. The van der Waals surface area contributed by atoms with Crippen LogP contribution in [-0.4, -0.2) is 60.2 Å². The summed E-state index contributed by atoms with van der Waals surface area (Å²) in [7, 11) is 0.0104. The van der Waals surface area contributed by atoms with Crippen molar-refractivity contribution in [3.8, 4) is 5.75 Å². The minimum atomic E-state index is -3.61. The molecule has 7 heteroatoms. The largest absolute Gasteiger partial charge is 0.495 e. The summed E-state index contributed by atoms with van der Waals surface area (Å²) in [5.74, 6) is 0.356. The number of methoxy groups -OCH3 is 1. The monoisotopic (exact) mass is 403 g/mol. The van der Waals surface area contributed by atoms with E-state index in [4.69, 9.17) is 4.74 Å². The van der Waals surface area contributed by atoms with Crippen molar-refractivity contribution in [2.75, 3.05) is 51.8 Å². The molecule has 1 aliphatic rings. The van der Waals surface area contributed by atoms with E-state index in [2.05, 4.69) is 45.8 Å². The van der Waals surface area contributed by atoms with Gasteiger partial charge in [0.05, 0.1) is 7.11 Å². The molecule has 1 heterocycles. The fourth-order valence-electron chi connectivity index (χ4n) is 3.34. The van der Waals surface area contributed by atoms with Gasteiger partial charge in [0.15, 0.2) is 0 Å². The second kappa shape index (κ2) is 8.94. The number of ether oxygens (including phenoxy) is 1. The van der Waals surface area contributed by atoms with E-state index in [0.29, 0.717) is 18.7 Å². The van der Waals surface area contributed by atoms with Crippen LogP contribution < -0.4 is 14.4 Å². The van der Waals surface area contributed by atoms with Crippen LogP contribution in [0.5, 0.6) is 5.75 Å². The van der Waals surface area contributed by atoms with Gasteiger partial charge in [0.2, 0.25) is 10.0 Å². The molecule has 3 rings (SSSR count). The number of benzene rings is 2. The molecule has 2 aromatic rings. The first-order valence-corrected chi connectivity index (χ1v) is 11.0. The third-order valence-electron chi connectivity index (χ3n) is 5.12. The molecule has 0 aromatic heterocycles. The highest BCUT2D eigenvalue weighted by Gasteiger charge is 2.19. The Labute approximate surface area is 168 Å². The van der Waals surface area contributed by atoms with E-state index in [1.165, 1.54) is 12.8 Å². The molecule has 0 radical (unpaired) electrons. The Kier molecular flexibility index (Phi) is 6.59. The number of anilines is 1. The Morgan fingerprint density at radius 1 is 1.04 bits per heavy atom. The Morgan fingerprint density at radius 2 is 1.71 bits per heavy atom. The van der Waals surface area contributed by atoms with E-state index in [-0.39, 0.29) is 4.90 Å². The van der Waals surface area contributed by atoms with Crippen LogP contribution >= 0.6 is 0 Å². The van der Waals surface area contributed by atoms with E-state index < -0.39 is 10.0 Å². The highest BCUT2D eigenvalue weighted by Crippen LogP contribution is 2.24. The maximum atomic E-state index is 12.6. The number of nitrogens with one attached hydrogen (secondary N) is 1. The number of hydrogen-bond acceptors (Lipinski definition) is 5. The molecule has 1 fully saturated rings. The van der Waals surface area contributed by atoms with E-state index in [1.807, 2.05) is 13.0 Å². The number of nitrogens with zero attached hydrogens (tertiary/aromatic N) is 2. The third kappa shape index (κ3) is 5.04. The van der Waals surface area contributed by atoms with E-state index >= 15 is 0 Å². The van der Waals surface area contributed by atoms with E-state index in [0.717, 1.165) is 37.3 Å². The molecule has 6 nitrogen and oxygen atoms in total.